The molecule has 0 spiro atoms. The lowest BCUT2D eigenvalue weighted by Gasteiger charge is -2.32. The van der Waals surface area contributed by atoms with Gasteiger partial charge < -0.3 is 15.5 Å². The Kier molecular flexibility index (Phi) is 9.69. The second kappa shape index (κ2) is 10.1. The second-order valence-corrected chi connectivity index (χ2v) is 7.25. The van der Waals surface area contributed by atoms with Crippen LogP contribution in [-0.2, 0) is 0 Å². The quantitative estimate of drug-likeness (QED) is 0.505. The summed E-state index contributed by atoms with van der Waals surface area (Å²) in [4.78, 5) is 9.42. The van der Waals surface area contributed by atoms with Gasteiger partial charge in [0.15, 0.2) is 5.96 Å². The standard InChI is InChI=1S/C17H39N5/c1-10-18-16(20-13-17(6,7)21(8)9)19-11-12-22(14(2)3)15(4)5/h14-15H,10-13H2,1-9H3,(H2,18,19,20). The van der Waals surface area contributed by atoms with E-state index in [1.807, 2.05) is 0 Å². The van der Waals surface area contributed by atoms with Crippen molar-refractivity contribution in [3.8, 4) is 0 Å². The predicted octanol–water partition coefficient (Wildman–Crippen LogP) is 2.00. The Morgan fingerprint density at radius 3 is 2.00 bits per heavy atom. The van der Waals surface area contributed by atoms with E-state index in [2.05, 4.69) is 83.0 Å². The highest BCUT2D eigenvalue weighted by atomic mass is 15.2. The molecule has 0 saturated carbocycles. The summed E-state index contributed by atoms with van der Waals surface area (Å²) in [6.45, 7) is 19.1. The van der Waals surface area contributed by atoms with Crippen LogP contribution in [0.5, 0.6) is 0 Å². The van der Waals surface area contributed by atoms with E-state index in [1.54, 1.807) is 0 Å². The third kappa shape index (κ3) is 7.99. The molecule has 0 aliphatic heterocycles. The molecule has 0 rings (SSSR count). The first-order valence-corrected chi connectivity index (χ1v) is 8.57. The molecule has 0 aromatic rings. The fourth-order valence-electron chi connectivity index (χ4n) is 2.17. The number of nitrogens with zero attached hydrogens (tertiary/aromatic N) is 3. The van der Waals surface area contributed by atoms with E-state index in [-0.39, 0.29) is 5.54 Å². The molecule has 0 heterocycles. The van der Waals surface area contributed by atoms with Crippen molar-refractivity contribution in [1.29, 1.82) is 0 Å². The highest BCUT2D eigenvalue weighted by molar-refractivity contribution is 5.79. The second-order valence-electron chi connectivity index (χ2n) is 7.25. The van der Waals surface area contributed by atoms with Crippen LogP contribution in [0.2, 0.25) is 0 Å². The Labute approximate surface area is 138 Å². The average molecular weight is 314 g/mol. The lowest BCUT2D eigenvalue weighted by molar-refractivity contribution is 0.178. The van der Waals surface area contributed by atoms with Crippen LogP contribution in [0, 0.1) is 0 Å². The summed E-state index contributed by atoms with van der Waals surface area (Å²) in [5, 5.41) is 6.78. The molecule has 0 aromatic carbocycles. The summed E-state index contributed by atoms with van der Waals surface area (Å²) in [5.74, 6) is 0.907. The zero-order valence-electron chi connectivity index (χ0n) is 16.3. The van der Waals surface area contributed by atoms with Crippen molar-refractivity contribution in [3.63, 3.8) is 0 Å². The molecule has 0 fully saturated rings. The van der Waals surface area contributed by atoms with E-state index >= 15 is 0 Å². The number of hydrogen-bond acceptors (Lipinski definition) is 3. The molecule has 132 valence electrons. The normalized spacial score (nSPS) is 13.6. The SMILES string of the molecule is CCNC(=NCC(C)(C)N(C)C)NCCN(C(C)C)C(C)C. The van der Waals surface area contributed by atoms with Gasteiger partial charge in [0.05, 0.1) is 6.54 Å². The Morgan fingerprint density at radius 2 is 1.59 bits per heavy atom. The summed E-state index contributed by atoms with van der Waals surface area (Å²) in [6, 6.07) is 1.13. The van der Waals surface area contributed by atoms with Gasteiger partial charge in [-0.05, 0) is 62.6 Å². The van der Waals surface area contributed by atoms with E-state index in [1.165, 1.54) is 0 Å². The van der Waals surface area contributed by atoms with Crippen LogP contribution in [0.15, 0.2) is 4.99 Å². The first-order valence-electron chi connectivity index (χ1n) is 8.57. The van der Waals surface area contributed by atoms with Crippen molar-refractivity contribution in [3.05, 3.63) is 0 Å². The summed E-state index contributed by atoms with van der Waals surface area (Å²) >= 11 is 0. The summed E-state index contributed by atoms with van der Waals surface area (Å²) in [7, 11) is 4.19. The molecule has 0 aromatic heterocycles. The highest BCUT2D eigenvalue weighted by Crippen LogP contribution is 2.09. The molecule has 2 N–H and O–H groups in total. The zero-order chi connectivity index (χ0) is 17.3. The van der Waals surface area contributed by atoms with Gasteiger partial charge in [-0.2, -0.15) is 0 Å². The molecule has 0 unspecified atom stereocenters. The maximum absolute atomic E-state index is 4.73. The van der Waals surface area contributed by atoms with Crippen LogP contribution in [0.1, 0.15) is 48.5 Å². The van der Waals surface area contributed by atoms with Crippen molar-refractivity contribution >= 4 is 5.96 Å². The van der Waals surface area contributed by atoms with Crippen LogP contribution in [-0.4, -0.2) is 73.7 Å². The van der Waals surface area contributed by atoms with Gasteiger partial charge in [0.1, 0.15) is 0 Å². The van der Waals surface area contributed by atoms with Crippen molar-refractivity contribution in [2.75, 3.05) is 40.3 Å². The first-order chi connectivity index (χ1) is 10.1. The van der Waals surface area contributed by atoms with E-state index in [9.17, 15) is 0 Å². The molecule has 0 bridgehead atoms. The monoisotopic (exact) mass is 313 g/mol. The van der Waals surface area contributed by atoms with Crippen LogP contribution in [0.4, 0.5) is 0 Å². The average Bonchev–Trinajstić information content (AvgIpc) is 2.39. The summed E-state index contributed by atoms with van der Waals surface area (Å²) in [5.41, 5.74) is 0.0598. The smallest absolute Gasteiger partial charge is 0.191 e. The minimum Gasteiger partial charge on any atom is -0.357 e. The topological polar surface area (TPSA) is 42.9 Å². The number of aliphatic imine (C=N–C) groups is 1. The van der Waals surface area contributed by atoms with Gasteiger partial charge in [0.2, 0.25) is 0 Å². The molecule has 0 aliphatic carbocycles. The molecule has 5 nitrogen and oxygen atoms in total. The van der Waals surface area contributed by atoms with E-state index < -0.39 is 0 Å². The minimum absolute atomic E-state index is 0.0598. The summed E-state index contributed by atoms with van der Waals surface area (Å²) < 4.78 is 0. The summed E-state index contributed by atoms with van der Waals surface area (Å²) in [6.07, 6.45) is 0. The maximum atomic E-state index is 4.73. The van der Waals surface area contributed by atoms with Crippen LogP contribution in [0.25, 0.3) is 0 Å². The Hall–Kier alpha value is -0.810. The van der Waals surface area contributed by atoms with E-state index in [0.717, 1.165) is 32.1 Å². The van der Waals surface area contributed by atoms with Crippen molar-refractivity contribution in [2.24, 2.45) is 4.99 Å². The van der Waals surface area contributed by atoms with E-state index in [4.69, 9.17) is 4.99 Å². The minimum atomic E-state index is 0.0598. The maximum Gasteiger partial charge on any atom is 0.191 e. The molecular weight excluding hydrogens is 274 g/mol. The molecule has 5 heteroatoms. The third-order valence-electron chi connectivity index (χ3n) is 4.17. The number of hydrogen-bond donors (Lipinski definition) is 2. The van der Waals surface area contributed by atoms with Gasteiger partial charge in [-0.25, -0.2) is 0 Å². The van der Waals surface area contributed by atoms with Gasteiger partial charge in [-0.3, -0.25) is 9.89 Å². The van der Waals surface area contributed by atoms with Crippen molar-refractivity contribution in [1.82, 2.24) is 20.4 Å². The predicted molar refractivity (Wildman–Crippen MR) is 98.7 cm³/mol. The first kappa shape index (κ1) is 21.2. The number of nitrogens with one attached hydrogen (secondary N) is 2. The van der Waals surface area contributed by atoms with Gasteiger partial charge in [-0.1, -0.05) is 0 Å². The Morgan fingerprint density at radius 1 is 1.05 bits per heavy atom. The van der Waals surface area contributed by atoms with Crippen LogP contribution >= 0.6 is 0 Å². The van der Waals surface area contributed by atoms with Crippen LogP contribution in [0.3, 0.4) is 0 Å². The van der Waals surface area contributed by atoms with Gasteiger partial charge in [0.25, 0.3) is 0 Å². The fraction of sp³-hybridized carbons (Fsp3) is 0.941. The molecule has 22 heavy (non-hydrogen) atoms. The van der Waals surface area contributed by atoms with Crippen molar-refractivity contribution in [2.45, 2.75) is 66.1 Å². The Balaban J connectivity index is 4.53. The molecular formula is C17H39N5. The number of rotatable bonds is 9. The molecule has 0 aliphatic rings. The zero-order valence-corrected chi connectivity index (χ0v) is 16.3. The molecule has 0 saturated heterocycles. The fourth-order valence-corrected chi connectivity index (χ4v) is 2.17. The highest BCUT2D eigenvalue weighted by Gasteiger charge is 2.20. The molecule has 0 atom stereocenters. The number of guanidine groups is 1. The van der Waals surface area contributed by atoms with Crippen LogP contribution < -0.4 is 10.6 Å². The largest absolute Gasteiger partial charge is 0.357 e. The number of likely N-dealkylation sites (N-methyl/N-ethyl adjacent to an activating group) is 1. The molecule has 0 radical (unpaired) electrons. The van der Waals surface area contributed by atoms with E-state index in [0.29, 0.717) is 12.1 Å². The van der Waals surface area contributed by atoms with Gasteiger partial charge >= 0.3 is 0 Å². The lowest BCUT2D eigenvalue weighted by Crippen LogP contribution is -2.46. The molecule has 0 amide bonds. The lowest BCUT2D eigenvalue weighted by atomic mass is 10.1. The third-order valence-corrected chi connectivity index (χ3v) is 4.17. The van der Waals surface area contributed by atoms with Crippen molar-refractivity contribution < 1.29 is 0 Å². The van der Waals surface area contributed by atoms with Gasteiger partial charge in [0, 0.05) is 37.3 Å². The van der Waals surface area contributed by atoms with Gasteiger partial charge in [-0.15, -0.1) is 0 Å². The Bertz CT molecular complexity index is 313.